The minimum atomic E-state index is -0.633. The maximum absolute atomic E-state index is 12.8. The third-order valence-corrected chi connectivity index (χ3v) is 5.91. The summed E-state index contributed by atoms with van der Waals surface area (Å²) in [4.78, 5) is 50.6. The van der Waals surface area contributed by atoms with Gasteiger partial charge in [0.2, 0.25) is 6.79 Å². The molecule has 2 amide bonds. The van der Waals surface area contributed by atoms with Crippen LogP contribution < -0.4 is 5.32 Å². The molecule has 1 fully saturated rings. The molecule has 0 radical (unpaired) electrons. The highest BCUT2D eigenvalue weighted by Crippen LogP contribution is 2.32. The molecule has 0 saturated carbocycles. The molecular weight excluding hydrogens is 480 g/mol. The Hall–Kier alpha value is -3.30. The monoisotopic (exact) mass is 520 g/mol. The van der Waals surface area contributed by atoms with Gasteiger partial charge in [-0.2, -0.15) is 0 Å². The van der Waals surface area contributed by atoms with Crippen molar-refractivity contribution in [3.8, 4) is 0 Å². The number of ether oxygens (including phenoxy) is 4. The van der Waals surface area contributed by atoms with Crippen molar-refractivity contribution in [2.24, 2.45) is 0 Å². The van der Waals surface area contributed by atoms with Crippen LogP contribution in [0.1, 0.15) is 77.2 Å². The van der Waals surface area contributed by atoms with Crippen LogP contribution in [-0.2, 0) is 28.5 Å². The van der Waals surface area contributed by atoms with Gasteiger partial charge in [-0.1, -0.05) is 36.8 Å². The van der Waals surface area contributed by atoms with Crippen molar-refractivity contribution in [3.63, 3.8) is 0 Å². The Morgan fingerprint density at radius 2 is 1.76 bits per heavy atom. The van der Waals surface area contributed by atoms with Crippen molar-refractivity contribution < 1.29 is 38.1 Å². The number of likely N-dealkylation sites (tertiary alicyclic amines) is 1. The minimum absolute atomic E-state index is 0.175. The predicted molar refractivity (Wildman–Crippen MR) is 136 cm³/mol. The molecule has 0 bridgehead atoms. The maximum Gasteiger partial charge on any atom is 0.412 e. The highest BCUT2D eigenvalue weighted by atomic mass is 16.7. The number of unbranched alkanes of at least 4 members (excludes halogenated alkanes) is 2. The molecule has 10 heteroatoms. The zero-order chi connectivity index (χ0) is 27.3. The van der Waals surface area contributed by atoms with Crippen LogP contribution in [0.2, 0.25) is 0 Å². The van der Waals surface area contributed by atoms with Gasteiger partial charge in [0.1, 0.15) is 11.5 Å². The minimum Gasteiger partial charge on any atom is -0.468 e. The van der Waals surface area contributed by atoms with E-state index in [-0.39, 0.29) is 6.42 Å². The standard InChI is InChI=1S/C27H40N2O8/c1-27(2,3)37-25(32)28-17-11-6-9-16-22(30)35-19-36-26(33)29-18-12-10-15-21(29)23(24(31)34-4)20-13-7-5-8-14-20/h5,7-8,13-14,21,23H,6,9-12,15-19H2,1-4H3,(H,28,32). The number of carbonyl (C=O) groups is 4. The Labute approximate surface area is 218 Å². The first-order chi connectivity index (χ1) is 17.6. The first-order valence-electron chi connectivity index (χ1n) is 12.8. The Bertz CT molecular complexity index is 884. The number of rotatable bonds is 11. The lowest BCUT2D eigenvalue weighted by atomic mass is 9.85. The number of benzene rings is 1. The fraction of sp³-hybridized carbons (Fsp3) is 0.630. The van der Waals surface area contributed by atoms with Gasteiger partial charge in [-0.25, -0.2) is 9.59 Å². The second-order valence-corrected chi connectivity index (χ2v) is 9.95. The summed E-state index contributed by atoms with van der Waals surface area (Å²) in [6.45, 7) is 5.79. The van der Waals surface area contributed by atoms with Crippen LogP contribution in [-0.4, -0.2) is 67.7 Å². The van der Waals surface area contributed by atoms with E-state index >= 15 is 0 Å². The zero-order valence-electron chi connectivity index (χ0n) is 22.3. The molecule has 1 saturated heterocycles. The van der Waals surface area contributed by atoms with Crippen molar-refractivity contribution in [3.05, 3.63) is 35.9 Å². The van der Waals surface area contributed by atoms with Crippen molar-refractivity contribution in [1.82, 2.24) is 10.2 Å². The molecule has 2 atom stereocenters. The number of hydrogen-bond acceptors (Lipinski definition) is 8. The van der Waals surface area contributed by atoms with Crippen molar-refractivity contribution in [2.45, 2.75) is 83.3 Å². The van der Waals surface area contributed by atoms with Crippen LogP contribution in [0.5, 0.6) is 0 Å². The zero-order valence-corrected chi connectivity index (χ0v) is 22.3. The van der Waals surface area contributed by atoms with E-state index < -0.39 is 48.5 Å². The van der Waals surface area contributed by atoms with E-state index in [1.807, 2.05) is 30.3 Å². The van der Waals surface area contributed by atoms with E-state index in [4.69, 9.17) is 18.9 Å². The lowest BCUT2D eigenvalue weighted by Crippen LogP contribution is -2.49. The van der Waals surface area contributed by atoms with Gasteiger partial charge in [0, 0.05) is 19.5 Å². The van der Waals surface area contributed by atoms with E-state index in [1.54, 1.807) is 20.8 Å². The molecule has 0 spiro atoms. The summed E-state index contributed by atoms with van der Waals surface area (Å²) in [5.41, 5.74) is 0.226. The number of esters is 2. The molecule has 0 aliphatic carbocycles. The van der Waals surface area contributed by atoms with E-state index in [1.165, 1.54) is 12.0 Å². The number of hydrogen-bond donors (Lipinski definition) is 1. The summed E-state index contributed by atoms with van der Waals surface area (Å²) in [5.74, 6) is -1.52. The Morgan fingerprint density at radius 3 is 2.43 bits per heavy atom. The van der Waals surface area contributed by atoms with Gasteiger partial charge < -0.3 is 29.2 Å². The molecule has 37 heavy (non-hydrogen) atoms. The number of nitrogens with one attached hydrogen (secondary N) is 1. The normalized spacial score (nSPS) is 16.3. The van der Waals surface area contributed by atoms with Gasteiger partial charge in [-0.15, -0.1) is 0 Å². The smallest absolute Gasteiger partial charge is 0.412 e. The van der Waals surface area contributed by atoms with Crippen molar-refractivity contribution >= 4 is 24.1 Å². The molecule has 1 aromatic carbocycles. The molecule has 2 unspecified atom stereocenters. The Morgan fingerprint density at radius 1 is 1.03 bits per heavy atom. The van der Waals surface area contributed by atoms with E-state index in [0.29, 0.717) is 38.8 Å². The Balaban J connectivity index is 1.74. The molecule has 1 aliphatic rings. The van der Waals surface area contributed by atoms with Gasteiger partial charge in [0.05, 0.1) is 13.2 Å². The van der Waals surface area contributed by atoms with Gasteiger partial charge in [-0.3, -0.25) is 9.59 Å². The van der Waals surface area contributed by atoms with E-state index in [0.717, 1.165) is 18.4 Å². The lowest BCUT2D eigenvalue weighted by molar-refractivity contribution is -0.152. The number of carbonyl (C=O) groups excluding carboxylic acids is 4. The number of amides is 2. The van der Waals surface area contributed by atoms with Crippen molar-refractivity contribution in [1.29, 1.82) is 0 Å². The van der Waals surface area contributed by atoms with Crippen molar-refractivity contribution in [2.75, 3.05) is 27.0 Å². The third-order valence-electron chi connectivity index (χ3n) is 5.91. The van der Waals surface area contributed by atoms with Crippen LogP contribution in [0.15, 0.2) is 30.3 Å². The molecule has 1 aliphatic heterocycles. The fourth-order valence-electron chi connectivity index (χ4n) is 4.21. The predicted octanol–water partition coefficient (Wildman–Crippen LogP) is 4.52. The fourth-order valence-corrected chi connectivity index (χ4v) is 4.21. The van der Waals surface area contributed by atoms with Gasteiger partial charge in [-0.05, 0) is 58.4 Å². The second kappa shape index (κ2) is 15.1. The quantitative estimate of drug-likeness (QED) is 0.196. The molecule has 1 N–H and O–H groups in total. The largest absolute Gasteiger partial charge is 0.468 e. The van der Waals surface area contributed by atoms with Crippen LogP contribution in [0, 0.1) is 0 Å². The van der Waals surface area contributed by atoms with Crippen LogP contribution in [0.25, 0.3) is 0 Å². The molecule has 0 aromatic heterocycles. The topological polar surface area (TPSA) is 120 Å². The van der Waals surface area contributed by atoms with Gasteiger partial charge in [0.15, 0.2) is 0 Å². The maximum atomic E-state index is 12.8. The van der Waals surface area contributed by atoms with Gasteiger partial charge >= 0.3 is 24.1 Å². The number of methoxy groups -OCH3 is 1. The number of alkyl carbamates (subject to hydrolysis) is 1. The molecule has 10 nitrogen and oxygen atoms in total. The first kappa shape index (κ1) is 29.9. The third kappa shape index (κ3) is 10.7. The SMILES string of the molecule is COC(=O)C(c1ccccc1)C1CCCCN1C(=O)OCOC(=O)CCCCCNC(=O)OC(C)(C)C. The summed E-state index contributed by atoms with van der Waals surface area (Å²) in [7, 11) is 1.33. The molecular formula is C27H40N2O8. The number of piperidine rings is 1. The molecule has 1 heterocycles. The summed E-state index contributed by atoms with van der Waals surface area (Å²) < 4.78 is 20.5. The highest BCUT2D eigenvalue weighted by Gasteiger charge is 2.39. The molecule has 1 aromatic rings. The highest BCUT2D eigenvalue weighted by molar-refractivity contribution is 5.80. The number of nitrogens with zero attached hydrogens (tertiary/aromatic N) is 1. The first-order valence-corrected chi connectivity index (χ1v) is 12.8. The van der Waals surface area contributed by atoms with Crippen LogP contribution >= 0.6 is 0 Å². The average molecular weight is 521 g/mol. The van der Waals surface area contributed by atoms with Gasteiger partial charge in [0.25, 0.3) is 0 Å². The Kier molecular flexibility index (Phi) is 12.2. The molecule has 206 valence electrons. The lowest BCUT2D eigenvalue weighted by Gasteiger charge is -2.38. The molecule has 2 rings (SSSR count). The van der Waals surface area contributed by atoms with E-state index in [2.05, 4.69) is 5.32 Å². The summed E-state index contributed by atoms with van der Waals surface area (Å²) >= 11 is 0. The van der Waals surface area contributed by atoms with Crippen LogP contribution in [0.4, 0.5) is 9.59 Å². The summed E-state index contributed by atoms with van der Waals surface area (Å²) in [6.07, 6.45) is 3.36. The summed E-state index contributed by atoms with van der Waals surface area (Å²) in [6, 6.07) is 8.81. The average Bonchev–Trinajstić information content (AvgIpc) is 2.86. The summed E-state index contributed by atoms with van der Waals surface area (Å²) in [5, 5.41) is 2.67. The second-order valence-electron chi connectivity index (χ2n) is 9.95. The van der Waals surface area contributed by atoms with E-state index in [9.17, 15) is 19.2 Å². The van der Waals surface area contributed by atoms with Crippen LogP contribution in [0.3, 0.4) is 0 Å².